The van der Waals surface area contributed by atoms with Crippen molar-refractivity contribution in [3.8, 4) is 5.75 Å². The number of nitro groups is 1. The highest BCUT2D eigenvalue weighted by Crippen LogP contribution is 2.29. The predicted octanol–water partition coefficient (Wildman–Crippen LogP) is 2.74. The van der Waals surface area contributed by atoms with Gasteiger partial charge in [0.05, 0.1) is 12.0 Å². The van der Waals surface area contributed by atoms with Crippen LogP contribution < -0.4 is 4.74 Å². The molecule has 0 spiro atoms. The molecule has 0 bridgehead atoms. The molecule has 1 aromatic carbocycles. The molecule has 0 saturated carbocycles. The summed E-state index contributed by atoms with van der Waals surface area (Å²) in [7, 11) is 3.54. The maximum Gasteiger partial charge on any atom is 0.235 e. The fourth-order valence-corrected chi connectivity index (χ4v) is 2.05. The Morgan fingerprint density at radius 1 is 1.44 bits per heavy atom. The van der Waals surface area contributed by atoms with Crippen molar-refractivity contribution in [1.82, 2.24) is 4.57 Å². The molecule has 0 aliphatic heterocycles. The molecule has 0 fully saturated rings. The van der Waals surface area contributed by atoms with Crippen LogP contribution in [0.4, 0.5) is 0 Å². The first-order valence-electron chi connectivity index (χ1n) is 5.49. The Morgan fingerprint density at radius 2 is 2.17 bits per heavy atom. The third kappa shape index (κ3) is 1.95. The van der Waals surface area contributed by atoms with E-state index in [1.54, 1.807) is 7.11 Å². The van der Waals surface area contributed by atoms with Gasteiger partial charge in [0.1, 0.15) is 5.75 Å². The summed E-state index contributed by atoms with van der Waals surface area (Å²) in [6.07, 6.45) is 2.48. The smallest absolute Gasteiger partial charge is 0.235 e. The van der Waals surface area contributed by atoms with E-state index in [9.17, 15) is 10.1 Å². The lowest BCUT2D eigenvalue weighted by molar-refractivity contribution is -0.400. The van der Waals surface area contributed by atoms with Gasteiger partial charge in [-0.1, -0.05) is 0 Å². The second-order valence-corrected chi connectivity index (χ2v) is 4.04. The Bertz CT molecular complexity index is 641. The molecule has 0 saturated heterocycles. The van der Waals surface area contributed by atoms with Gasteiger partial charge in [-0.05, 0) is 25.1 Å². The zero-order chi connectivity index (χ0) is 13.3. The lowest BCUT2D eigenvalue weighted by Crippen LogP contribution is -1.90. The molecule has 18 heavy (non-hydrogen) atoms. The molecular weight excluding hydrogens is 232 g/mol. The average molecular weight is 246 g/mol. The summed E-state index contributed by atoms with van der Waals surface area (Å²) in [6.45, 7) is 1.94. The lowest BCUT2D eigenvalue weighted by Gasteiger charge is -2.00. The van der Waals surface area contributed by atoms with Gasteiger partial charge in [0.2, 0.25) is 6.20 Å². The van der Waals surface area contributed by atoms with Gasteiger partial charge in [0, 0.05) is 35.3 Å². The van der Waals surface area contributed by atoms with Crippen LogP contribution in [0.3, 0.4) is 0 Å². The monoisotopic (exact) mass is 246 g/mol. The minimum absolute atomic E-state index is 0.460. The number of aryl methyl sites for hydroxylation is 1. The minimum atomic E-state index is -0.460. The van der Waals surface area contributed by atoms with E-state index < -0.39 is 4.92 Å². The second-order valence-electron chi connectivity index (χ2n) is 4.04. The van der Waals surface area contributed by atoms with E-state index in [2.05, 4.69) is 0 Å². The first-order valence-corrected chi connectivity index (χ1v) is 5.49. The number of fused-ring (bicyclic) bond motifs is 1. The van der Waals surface area contributed by atoms with Crippen molar-refractivity contribution in [2.45, 2.75) is 6.92 Å². The molecule has 0 unspecified atom stereocenters. The summed E-state index contributed by atoms with van der Waals surface area (Å²) in [5, 5.41) is 11.4. The molecule has 1 aromatic heterocycles. The van der Waals surface area contributed by atoms with Gasteiger partial charge in [-0.2, -0.15) is 0 Å². The van der Waals surface area contributed by atoms with E-state index in [4.69, 9.17) is 4.74 Å². The van der Waals surface area contributed by atoms with E-state index in [1.165, 1.54) is 6.08 Å². The Kier molecular flexibility index (Phi) is 3.06. The van der Waals surface area contributed by atoms with Gasteiger partial charge in [-0.25, -0.2) is 0 Å². The van der Waals surface area contributed by atoms with Crippen LogP contribution in [0.25, 0.3) is 17.0 Å². The van der Waals surface area contributed by atoms with Crippen molar-refractivity contribution in [2.24, 2.45) is 7.05 Å². The summed E-state index contributed by atoms with van der Waals surface area (Å²) in [4.78, 5) is 9.98. The highest BCUT2D eigenvalue weighted by Gasteiger charge is 2.11. The van der Waals surface area contributed by atoms with Crippen molar-refractivity contribution in [3.63, 3.8) is 0 Å². The number of benzene rings is 1. The van der Waals surface area contributed by atoms with Crippen molar-refractivity contribution in [1.29, 1.82) is 0 Å². The Morgan fingerprint density at radius 3 is 2.78 bits per heavy atom. The molecule has 5 heteroatoms. The number of ether oxygens (including phenoxy) is 1. The van der Waals surface area contributed by atoms with Crippen molar-refractivity contribution in [3.05, 3.63) is 45.8 Å². The molecule has 0 radical (unpaired) electrons. The molecule has 2 rings (SSSR count). The van der Waals surface area contributed by atoms with Gasteiger partial charge in [-0.3, -0.25) is 10.1 Å². The molecule has 0 aliphatic carbocycles. The van der Waals surface area contributed by atoms with Gasteiger partial charge in [-0.15, -0.1) is 0 Å². The summed E-state index contributed by atoms with van der Waals surface area (Å²) < 4.78 is 7.19. The van der Waals surface area contributed by atoms with Crippen LogP contribution in [0.1, 0.15) is 11.3 Å². The van der Waals surface area contributed by atoms with Crippen LogP contribution in [0, 0.1) is 17.0 Å². The highest BCUT2D eigenvalue weighted by atomic mass is 16.6. The number of nitrogens with zero attached hydrogens (tertiary/aromatic N) is 2. The summed E-state index contributed by atoms with van der Waals surface area (Å²) in [5.41, 5.74) is 2.86. The molecule has 94 valence electrons. The molecular formula is C13H14N2O3. The third-order valence-corrected chi connectivity index (χ3v) is 3.11. The van der Waals surface area contributed by atoms with Crippen molar-refractivity contribution in [2.75, 3.05) is 7.11 Å². The zero-order valence-electron chi connectivity index (χ0n) is 10.5. The lowest BCUT2D eigenvalue weighted by atomic mass is 10.1. The fraction of sp³-hybridized carbons (Fsp3) is 0.231. The quantitative estimate of drug-likeness (QED) is 0.618. The summed E-state index contributed by atoms with van der Waals surface area (Å²) in [6, 6.07) is 5.72. The minimum Gasteiger partial charge on any atom is -0.497 e. The standard InChI is InChI=1S/C13H14N2O3/c1-9-11(6-7-15(16)17)12-8-10(18-3)4-5-13(12)14(9)2/h4-8H,1-3H3. The van der Waals surface area contributed by atoms with Crippen LogP contribution in [0.15, 0.2) is 24.4 Å². The van der Waals surface area contributed by atoms with Crippen LogP contribution in [0.5, 0.6) is 5.75 Å². The van der Waals surface area contributed by atoms with E-state index >= 15 is 0 Å². The summed E-state index contributed by atoms with van der Waals surface area (Å²) >= 11 is 0. The molecule has 0 atom stereocenters. The normalized spacial score (nSPS) is 11.3. The second kappa shape index (κ2) is 4.52. The van der Waals surface area contributed by atoms with Crippen LogP contribution >= 0.6 is 0 Å². The summed E-state index contributed by atoms with van der Waals surface area (Å²) in [5.74, 6) is 0.740. The predicted molar refractivity (Wildman–Crippen MR) is 70.2 cm³/mol. The SMILES string of the molecule is COc1ccc2c(c1)c(C=C[N+](=O)[O-])c(C)n2C. The highest BCUT2D eigenvalue weighted by molar-refractivity contribution is 5.92. The number of rotatable bonds is 3. The third-order valence-electron chi connectivity index (χ3n) is 3.11. The Hall–Kier alpha value is -2.30. The molecule has 0 amide bonds. The van der Waals surface area contributed by atoms with Gasteiger partial charge >= 0.3 is 0 Å². The average Bonchev–Trinajstić information content (AvgIpc) is 2.59. The molecule has 0 N–H and O–H groups in total. The van der Waals surface area contributed by atoms with Crippen LogP contribution in [-0.2, 0) is 7.05 Å². The first kappa shape index (κ1) is 12.2. The molecule has 0 aliphatic rings. The van der Waals surface area contributed by atoms with E-state index in [1.807, 2.05) is 36.7 Å². The van der Waals surface area contributed by atoms with Gasteiger partial charge < -0.3 is 9.30 Å². The number of aromatic nitrogens is 1. The zero-order valence-corrected chi connectivity index (χ0v) is 10.5. The molecule has 1 heterocycles. The maximum atomic E-state index is 10.4. The topological polar surface area (TPSA) is 57.3 Å². The number of hydrogen-bond donors (Lipinski definition) is 0. The fourth-order valence-electron chi connectivity index (χ4n) is 2.05. The van der Waals surface area contributed by atoms with Crippen LogP contribution in [0.2, 0.25) is 0 Å². The largest absolute Gasteiger partial charge is 0.497 e. The Balaban J connectivity index is 2.70. The molecule has 5 nitrogen and oxygen atoms in total. The number of methoxy groups -OCH3 is 1. The van der Waals surface area contributed by atoms with E-state index in [-0.39, 0.29) is 0 Å². The van der Waals surface area contributed by atoms with E-state index in [0.717, 1.165) is 34.1 Å². The molecule has 2 aromatic rings. The van der Waals surface area contributed by atoms with Crippen molar-refractivity contribution >= 4 is 17.0 Å². The Labute approximate surface area is 104 Å². The van der Waals surface area contributed by atoms with Crippen LogP contribution in [-0.4, -0.2) is 16.6 Å². The van der Waals surface area contributed by atoms with Crippen molar-refractivity contribution < 1.29 is 9.66 Å². The van der Waals surface area contributed by atoms with Gasteiger partial charge in [0.15, 0.2) is 0 Å². The van der Waals surface area contributed by atoms with E-state index in [0.29, 0.717) is 0 Å². The van der Waals surface area contributed by atoms with Gasteiger partial charge in [0.25, 0.3) is 0 Å². The number of hydrogen-bond acceptors (Lipinski definition) is 3. The maximum absolute atomic E-state index is 10.4. The first-order chi connectivity index (χ1) is 8.54.